The highest BCUT2D eigenvalue weighted by Crippen LogP contribution is 2.44. The molecule has 2 aromatic heterocycles. The minimum atomic E-state index is -0.514. The van der Waals surface area contributed by atoms with Crippen molar-refractivity contribution in [2.75, 3.05) is 31.7 Å². The van der Waals surface area contributed by atoms with Gasteiger partial charge in [0.1, 0.15) is 17.7 Å². The zero-order chi connectivity index (χ0) is 32.0. The molecule has 3 fully saturated rings. The Bertz CT molecular complexity index is 1490. The first-order valence-corrected chi connectivity index (χ1v) is 17.7. The lowest BCUT2D eigenvalue weighted by molar-refractivity contribution is -0.124. The van der Waals surface area contributed by atoms with Gasteiger partial charge >= 0.3 is 6.09 Å². The minimum absolute atomic E-state index is 0.115. The number of pyridine rings is 1. The van der Waals surface area contributed by atoms with E-state index in [1.807, 2.05) is 23.4 Å². The van der Waals surface area contributed by atoms with Crippen LogP contribution in [0, 0.1) is 18.8 Å². The number of aryl methyl sites for hydroxylation is 1. The molecule has 0 unspecified atom stereocenters. The van der Waals surface area contributed by atoms with Crippen molar-refractivity contribution in [1.82, 2.24) is 15.3 Å². The van der Waals surface area contributed by atoms with Crippen LogP contribution >= 0.6 is 11.3 Å². The molecule has 0 radical (unpaired) electrons. The average molecular weight is 647 g/mol. The van der Waals surface area contributed by atoms with Crippen LogP contribution in [0.3, 0.4) is 0 Å². The number of thiazole rings is 1. The van der Waals surface area contributed by atoms with E-state index in [1.54, 1.807) is 18.4 Å². The molecule has 46 heavy (non-hydrogen) atoms. The molecule has 246 valence electrons. The number of amides is 2. The topological polar surface area (TPSA) is 114 Å². The maximum atomic E-state index is 14.3. The Balaban J connectivity index is 1.15. The number of hydrogen-bond acceptors (Lipinski definition) is 8. The number of rotatable bonds is 11. The average Bonchev–Trinajstić information content (AvgIpc) is 3.82. The van der Waals surface area contributed by atoms with E-state index in [0.717, 1.165) is 41.9 Å². The molecule has 0 spiro atoms. The standard InChI is InChI=1S/C36H46N4O5S/c1-23-19-28(11-14-31(23)44-2)25-5-3-24(4-6-25)22-40(35(42)27-9-12-30(13-10-27)45-36(43)38-17-18-41)33-20-29(15-16-37-33)32-21-39-34(46-32)26-7-8-26/h11,14-16,19-21,24-27,30,41H,3-10,12-13,17-18,22H2,1-2H3,(H,38,43)/t24-,25-,27-,30-. The summed E-state index contributed by atoms with van der Waals surface area (Å²) in [4.78, 5) is 38.8. The van der Waals surface area contributed by atoms with Crippen LogP contribution in [-0.2, 0) is 9.53 Å². The molecule has 3 aliphatic carbocycles. The number of benzene rings is 1. The molecule has 3 aromatic rings. The van der Waals surface area contributed by atoms with E-state index < -0.39 is 6.09 Å². The summed E-state index contributed by atoms with van der Waals surface area (Å²) in [5.41, 5.74) is 3.59. The summed E-state index contributed by atoms with van der Waals surface area (Å²) in [6.45, 7) is 2.79. The number of carbonyl (C=O) groups is 2. The van der Waals surface area contributed by atoms with E-state index in [4.69, 9.17) is 19.6 Å². The van der Waals surface area contributed by atoms with Crippen molar-refractivity contribution in [3.05, 3.63) is 58.9 Å². The van der Waals surface area contributed by atoms with E-state index in [-0.39, 0.29) is 31.1 Å². The third-order valence-electron chi connectivity index (χ3n) is 9.88. The number of aliphatic hydroxyl groups excluding tert-OH is 1. The second-order valence-electron chi connectivity index (χ2n) is 13.2. The van der Waals surface area contributed by atoms with Gasteiger partial charge in [0.25, 0.3) is 0 Å². The molecule has 3 aliphatic rings. The molecule has 0 aliphatic heterocycles. The van der Waals surface area contributed by atoms with Crippen molar-refractivity contribution < 1.29 is 24.2 Å². The van der Waals surface area contributed by atoms with Crippen molar-refractivity contribution in [2.45, 2.75) is 89.1 Å². The first-order valence-electron chi connectivity index (χ1n) is 16.8. The third-order valence-corrected chi connectivity index (χ3v) is 11.1. The van der Waals surface area contributed by atoms with Gasteiger partial charge in [-0.2, -0.15) is 0 Å². The van der Waals surface area contributed by atoms with Crippen LogP contribution in [0.1, 0.15) is 92.2 Å². The Morgan fingerprint density at radius 2 is 1.74 bits per heavy atom. The van der Waals surface area contributed by atoms with Crippen molar-refractivity contribution in [3.8, 4) is 16.2 Å². The molecule has 2 N–H and O–H groups in total. The first kappa shape index (κ1) is 32.4. The lowest BCUT2D eigenvalue weighted by Gasteiger charge is -2.35. The summed E-state index contributed by atoms with van der Waals surface area (Å²) >= 11 is 1.75. The van der Waals surface area contributed by atoms with Gasteiger partial charge in [0, 0.05) is 37.3 Å². The van der Waals surface area contributed by atoms with Crippen LogP contribution in [0.5, 0.6) is 5.75 Å². The van der Waals surface area contributed by atoms with Crippen LogP contribution in [0.2, 0.25) is 0 Å². The van der Waals surface area contributed by atoms with Gasteiger partial charge in [-0.25, -0.2) is 14.8 Å². The predicted molar refractivity (Wildman–Crippen MR) is 179 cm³/mol. The third kappa shape index (κ3) is 7.89. The van der Waals surface area contributed by atoms with Crippen LogP contribution in [0.4, 0.5) is 10.6 Å². The van der Waals surface area contributed by atoms with Gasteiger partial charge in [0.15, 0.2) is 0 Å². The van der Waals surface area contributed by atoms with E-state index in [2.05, 4.69) is 41.5 Å². The molecule has 1 aromatic carbocycles. The molecule has 10 heteroatoms. The number of nitrogens with one attached hydrogen (secondary N) is 1. The fraction of sp³-hybridized carbons (Fsp3) is 0.556. The summed E-state index contributed by atoms with van der Waals surface area (Å²) in [6.07, 6.45) is 12.4. The van der Waals surface area contributed by atoms with Gasteiger partial charge in [-0.15, -0.1) is 11.3 Å². The van der Waals surface area contributed by atoms with Crippen molar-refractivity contribution in [2.24, 2.45) is 11.8 Å². The number of aliphatic hydroxyl groups is 1. The summed E-state index contributed by atoms with van der Waals surface area (Å²) in [7, 11) is 1.71. The smallest absolute Gasteiger partial charge is 0.407 e. The summed E-state index contributed by atoms with van der Waals surface area (Å²) < 4.78 is 11.0. The normalized spacial score (nSPS) is 23.0. The number of anilines is 1. The number of methoxy groups -OCH3 is 1. The molecular formula is C36H46N4O5S. The lowest BCUT2D eigenvalue weighted by atomic mass is 9.78. The summed E-state index contributed by atoms with van der Waals surface area (Å²) in [5.74, 6) is 3.12. The Morgan fingerprint density at radius 1 is 0.978 bits per heavy atom. The van der Waals surface area contributed by atoms with Gasteiger partial charge in [-0.3, -0.25) is 9.69 Å². The predicted octanol–water partition coefficient (Wildman–Crippen LogP) is 6.98. The van der Waals surface area contributed by atoms with Gasteiger partial charge in [0.05, 0.1) is 23.6 Å². The molecule has 3 saturated carbocycles. The molecule has 0 atom stereocenters. The highest BCUT2D eigenvalue weighted by molar-refractivity contribution is 7.15. The second kappa shape index (κ2) is 14.9. The van der Waals surface area contributed by atoms with Crippen LogP contribution < -0.4 is 15.0 Å². The number of alkyl carbamates (subject to hydrolysis) is 1. The number of hydrogen-bond donors (Lipinski definition) is 2. The maximum absolute atomic E-state index is 14.3. The minimum Gasteiger partial charge on any atom is -0.496 e. The maximum Gasteiger partial charge on any atom is 0.407 e. The molecule has 0 bridgehead atoms. The Labute approximate surface area is 275 Å². The molecule has 0 saturated heterocycles. The van der Waals surface area contributed by atoms with Gasteiger partial charge in [-0.1, -0.05) is 12.1 Å². The van der Waals surface area contributed by atoms with Crippen molar-refractivity contribution in [3.63, 3.8) is 0 Å². The zero-order valence-electron chi connectivity index (χ0n) is 27.0. The van der Waals surface area contributed by atoms with Crippen LogP contribution in [0.25, 0.3) is 10.4 Å². The van der Waals surface area contributed by atoms with E-state index >= 15 is 0 Å². The van der Waals surface area contributed by atoms with Crippen LogP contribution in [0.15, 0.2) is 42.7 Å². The van der Waals surface area contributed by atoms with E-state index in [1.165, 1.54) is 29.0 Å². The number of aromatic nitrogens is 2. The second-order valence-corrected chi connectivity index (χ2v) is 14.2. The number of nitrogens with zero attached hydrogens (tertiary/aromatic N) is 3. The summed E-state index contributed by atoms with van der Waals surface area (Å²) in [5, 5.41) is 12.7. The molecular weight excluding hydrogens is 600 g/mol. The Morgan fingerprint density at radius 3 is 2.43 bits per heavy atom. The van der Waals surface area contributed by atoms with Gasteiger partial charge < -0.3 is 19.9 Å². The fourth-order valence-corrected chi connectivity index (χ4v) is 8.13. The van der Waals surface area contributed by atoms with Gasteiger partial charge in [0.2, 0.25) is 5.91 Å². The van der Waals surface area contributed by atoms with Gasteiger partial charge in [-0.05, 0) is 118 Å². The van der Waals surface area contributed by atoms with E-state index in [9.17, 15) is 9.59 Å². The zero-order valence-corrected chi connectivity index (χ0v) is 27.8. The first-order chi connectivity index (χ1) is 22.4. The molecule has 9 nitrogen and oxygen atoms in total. The highest BCUT2D eigenvalue weighted by Gasteiger charge is 2.34. The molecule has 2 amide bonds. The monoisotopic (exact) mass is 646 g/mol. The fourth-order valence-electron chi connectivity index (χ4n) is 7.05. The van der Waals surface area contributed by atoms with Crippen LogP contribution in [-0.4, -0.2) is 60.0 Å². The SMILES string of the molecule is COc1ccc([C@H]2CC[C@H](CN(c3cc(-c4cnc(C5CC5)s4)ccn3)C(=O)[C@H]3CC[C@H](OC(=O)NCCO)CC3)CC2)cc1C. The quantitative estimate of drug-likeness (QED) is 0.231. The van der Waals surface area contributed by atoms with Crippen molar-refractivity contribution >= 4 is 29.2 Å². The molecule has 6 rings (SSSR count). The lowest BCUT2D eigenvalue weighted by Crippen LogP contribution is -2.42. The van der Waals surface area contributed by atoms with Crippen molar-refractivity contribution in [1.29, 1.82) is 0 Å². The van der Waals surface area contributed by atoms with E-state index in [0.29, 0.717) is 55.8 Å². The Hall–Kier alpha value is -3.50. The Kier molecular flexibility index (Phi) is 10.5. The number of carbonyl (C=O) groups excluding carboxylic acids is 2. The largest absolute Gasteiger partial charge is 0.496 e. The summed E-state index contributed by atoms with van der Waals surface area (Å²) in [6, 6.07) is 10.6. The highest BCUT2D eigenvalue weighted by atomic mass is 32.1. The number of ether oxygens (including phenoxy) is 2. The molecule has 2 heterocycles.